The van der Waals surface area contributed by atoms with E-state index < -0.39 is 18.1 Å². The lowest BCUT2D eigenvalue weighted by Gasteiger charge is -2.18. The van der Waals surface area contributed by atoms with E-state index in [-0.39, 0.29) is 24.7 Å². The van der Waals surface area contributed by atoms with Crippen molar-refractivity contribution in [3.8, 4) is 16.9 Å². The van der Waals surface area contributed by atoms with E-state index in [4.69, 9.17) is 16.3 Å². The first-order valence-corrected chi connectivity index (χ1v) is 10.5. The smallest absolute Gasteiger partial charge is 0.407 e. The van der Waals surface area contributed by atoms with Gasteiger partial charge in [-0.3, -0.25) is 0 Å². The van der Waals surface area contributed by atoms with Crippen LogP contribution in [0.15, 0.2) is 60.7 Å². The van der Waals surface area contributed by atoms with E-state index in [1.807, 2.05) is 48.5 Å². The predicted octanol–water partition coefficient (Wildman–Crippen LogP) is 4.89. The van der Waals surface area contributed by atoms with Crippen LogP contribution in [-0.4, -0.2) is 34.9 Å². The standard InChI is InChI=1S/C25H22ClNO5/c1-14-10-23(28)15(11-21(14)26)12-22(24(29)30)27-25(31)32-13-20-18-8-4-2-6-16(18)17-7-3-5-9-19(17)20/h2-11,20,22,28H,12-13H2,1H3,(H,27,31)(H,29,30). The van der Waals surface area contributed by atoms with Crippen molar-refractivity contribution in [1.82, 2.24) is 5.32 Å². The van der Waals surface area contributed by atoms with Gasteiger partial charge in [0.15, 0.2) is 0 Å². The number of halogens is 1. The van der Waals surface area contributed by atoms with Crippen molar-refractivity contribution in [2.45, 2.75) is 25.3 Å². The molecule has 1 atom stereocenters. The molecule has 0 radical (unpaired) electrons. The Morgan fingerprint density at radius 1 is 1.06 bits per heavy atom. The van der Waals surface area contributed by atoms with Crippen LogP contribution in [0.5, 0.6) is 5.75 Å². The quantitative estimate of drug-likeness (QED) is 0.496. The number of hydrogen-bond acceptors (Lipinski definition) is 4. The molecule has 1 aliphatic carbocycles. The number of carboxylic acid groups (broad SMARTS) is 1. The summed E-state index contributed by atoms with van der Waals surface area (Å²) < 4.78 is 5.43. The zero-order valence-corrected chi connectivity index (χ0v) is 18.1. The van der Waals surface area contributed by atoms with Gasteiger partial charge in [-0.25, -0.2) is 9.59 Å². The summed E-state index contributed by atoms with van der Waals surface area (Å²) in [6, 6.07) is 17.6. The lowest BCUT2D eigenvalue weighted by Crippen LogP contribution is -2.42. The van der Waals surface area contributed by atoms with Gasteiger partial charge in [0.25, 0.3) is 0 Å². The molecular weight excluding hydrogens is 430 g/mol. The van der Waals surface area contributed by atoms with E-state index in [1.54, 1.807) is 6.92 Å². The molecule has 3 aromatic rings. The zero-order chi connectivity index (χ0) is 22.8. The summed E-state index contributed by atoms with van der Waals surface area (Å²) in [5.74, 6) is -1.45. The highest BCUT2D eigenvalue weighted by Gasteiger charge is 2.30. The minimum absolute atomic E-state index is 0.0764. The third kappa shape index (κ3) is 4.27. The van der Waals surface area contributed by atoms with Crippen molar-refractivity contribution in [2.75, 3.05) is 6.61 Å². The Bertz CT molecular complexity index is 1150. The van der Waals surface area contributed by atoms with Gasteiger partial charge in [0.2, 0.25) is 0 Å². The summed E-state index contributed by atoms with van der Waals surface area (Å²) in [7, 11) is 0. The van der Waals surface area contributed by atoms with Gasteiger partial charge >= 0.3 is 12.1 Å². The van der Waals surface area contributed by atoms with Crippen LogP contribution in [0.1, 0.15) is 28.2 Å². The molecule has 0 spiro atoms. The number of carbonyl (C=O) groups excluding carboxylic acids is 1. The molecule has 6 nitrogen and oxygen atoms in total. The van der Waals surface area contributed by atoms with E-state index in [0.29, 0.717) is 16.1 Å². The zero-order valence-electron chi connectivity index (χ0n) is 17.3. The van der Waals surface area contributed by atoms with Gasteiger partial charge in [-0.15, -0.1) is 0 Å². The first-order valence-electron chi connectivity index (χ1n) is 10.2. The monoisotopic (exact) mass is 451 g/mol. The maximum absolute atomic E-state index is 12.4. The molecule has 7 heteroatoms. The van der Waals surface area contributed by atoms with E-state index in [1.165, 1.54) is 12.1 Å². The molecule has 1 aliphatic rings. The second-order valence-corrected chi connectivity index (χ2v) is 8.20. The molecule has 3 N–H and O–H groups in total. The number of aryl methyl sites for hydroxylation is 1. The van der Waals surface area contributed by atoms with Crippen molar-refractivity contribution in [1.29, 1.82) is 0 Å². The number of carboxylic acids is 1. The molecule has 3 aromatic carbocycles. The first kappa shape index (κ1) is 21.7. The van der Waals surface area contributed by atoms with Gasteiger partial charge in [-0.05, 0) is 52.4 Å². The molecule has 0 heterocycles. The maximum atomic E-state index is 12.4. The Kier molecular flexibility index (Phi) is 6.06. The number of benzene rings is 3. The summed E-state index contributed by atoms with van der Waals surface area (Å²) in [5.41, 5.74) is 5.33. The average molecular weight is 452 g/mol. The van der Waals surface area contributed by atoms with E-state index >= 15 is 0 Å². The molecular formula is C25H22ClNO5. The van der Waals surface area contributed by atoms with Crippen molar-refractivity contribution in [3.05, 3.63) is 87.9 Å². The summed E-state index contributed by atoms with van der Waals surface area (Å²) >= 11 is 6.09. The van der Waals surface area contributed by atoms with Gasteiger partial charge in [0, 0.05) is 17.4 Å². The number of fused-ring (bicyclic) bond motifs is 3. The number of rotatable bonds is 6. The number of ether oxygens (including phenoxy) is 1. The highest BCUT2D eigenvalue weighted by molar-refractivity contribution is 6.31. The van der Waals surface area contributed by atoms with Gasteiger partial charge < -0.3 is 20.3 Å². The normalized spacial score (nSPS) is 13.2. The second kappa shape index (κ2) is 8.93. The second-order valence-electron chi connectivity index (χ2n) is 7.79. The molecule has 0 fully saturated rings. The van der Waals surface area contributed by atoms with Crippen LogP contribution in [0.25, 0.3) is 11.1 Å². The van der Waals surface area contributed by atoms with E-state index in [9.17, 15) is 19.8 Å². The van der Waals surface area contributed by atoms with Gasteiger partial charge in [-0.1, -0.05) is 60.1 Å². The minimum atomic E-state index is -1.28. The number of phenols is 1. The largest absolute Gasteiger partial charge is 0.508 e. The Morgan fingerprint density at radius 2 is 1.66 bits per heavy atom. The number of amides is 1. The van der Waals surface area contributed by atoms with Gasteiger partial charge in [0.05, 0.1) is 0 Å². The number of phenolic OH excluding ortho intramolecular Hbond substituents is 1. The van der Waals surface area contributed by atoms with Gasteiger partial charge in [-0.2, -0.15) is 0 Å². The minimum Gasteiger partial charge on any atom is -0.508 e. The fourth-order valence-electron chi connectivity index (χ4n) is 4.07. The average Bonchev–Trinajstić information content (AvgIpc) is 3.09. The molecule has 0 saturated carbocycles. The highest BCUT2D eigenvalue weighted by Crippen LogP contribution is 2.44. The predicted molar refractivity (Wildman–Crippen MR) is 121 cm³/mol. The lowest BCUT2D eigenvalue weighted by atomic mass is 9.98. The third-order valence-electron chi connectivity index (χ3n) is 5.72. The Morgan fingerprint density at radius 3 is 2.25 bits per heavy atom. The van der Waals surface area contributed by atoms with E-state index in [0.717, 1.165) is 22.3 Å². The molecule has 0 bridgehead atoms. The van der Waals surface area contributed by atoms with Crippen molar-refractivity contribution >= 4 is 23.7 Å². The highest BCUT2D eigenvalue weighted by atomic mass is 35.5. The fraction of sp³-hybridized carbons (Fsp3) is 0.200. The number of aliphatic carboxylic acids is 1. The number of nitrogens with one attached hydrogen (secondary N) is 1. The lowest BCUT2D eigenvalue weighted by molar-refractivity contribution is -0.139. The topological polar surface area (TPSA) is 95.9 Å². The first-order chi connectivity index (χ1) is 15.3. The summed E-state index contributed by atoms with van der Waals surface area (Å²) in [4.78, 5) is 24.2. The van der Waals surface area contributed by atoms with Crippen LogP contribution in [0.3, 0.4) is 0 Å². The van der Waals surface area contributed by atoms with Crippen LogP contribution >= 0.6 is 11.6 Å². The molecule has 0 aliphatic heterocycles. The molecule has 4 rings (SSSR count). The summed E-state index contributed by atoms with van der Waals surface area (Å²) in [6.45, 7) is 1.81. The van der Waals surface area contributed by atoms with E-state index in [2.05, 4.69) is 5.32 Å². The van der Waals surface area contributed by atoms with Crippen molar-refractivity contribution in [3.63, 3.8) is 0 Å². The van der Waals surface area contributed by atoms with Crippen molar-refractivity contribution < 1.29 is 24.5 Å². The number of hydrogen-bond donors (Lipinski definition) is 3. The summed E-state index contributed by atoms with van der Waals surface area (Å²) in [6.07, 6.45) is -0.970. The van der Waals surface area contributed by atoms with Gasteiger partial charge in [0.1, 0.15) is 18.4 Å². The number of aromatic hydroxyl groups is 1. The number of carbonyl (C=O) groups is 2. The number of alkyl carbamates (subject to hydrolysis) is 1. The Balaban J connectivity index is 1.45. The Labute approximate surface area is 190 Å². The maximum Gasteiger partial charge on any atom is 0.407 e. The molecule has 1 unspecified atom stereocenters. The SMILES string of the molecule is Cc1cc(O)c(CC(NC(=O)OCC2c3ccccc3-c3ccccc32)C(=O)O)cc1Cl. The Hall–Kier alpha value is -3.51. The van der Waals surface area contributed by atoms with Crippen LogP contribution in [0.2, 0.25) is 5.02 Å². The fourth-order valence-corrected chi connectivity index (χ4v) is 4.26. The summed E-state index contributed by atoms with van der Waals surface area (Å²) in [5, 5.41) is 22.5. The molecule has 1 amide bonds. The third-order valence-corrected chi connectivity index (χ3v) is 6.12. The van der Waals surface area contributed by atoms with Crippen LogP contribution in [0, 0.1) is 6.92 Å². The van der Waals surface area contributed by atoms with Crippen LogP contribution in [0.4, 0.5) is 4.79 Å². The molecule has 32 heavy (non-hydrogen) atoms. The van der Waals surface area contributed by atoms with Crippen LogP contribution in [-0.2, 0) is 16.0 Å². The molecule has 0 saturated heterocycles. The molecule has 0 aromatic heterocycles. The van der Waals surface area contributed by atoms with Crippen molar-refractivity contribution in [2.24, 2.45) is 0 Å². The van der Waals surface area contributed by atoms with Crippen LogP contribution < -0.4 is 5.32 Å². The molecule has 164 valence electrons.